The quantitative estimate of drug-likeness (QED) is 0.562. The molecule has 6 nitrogen and oxygen atoms in total. The van der Waals surface area contributed by atoms with Gasteiger partial charge in [-0.3, -0.25) is 14.5 Å². The number of carbonyl (C=O) groups is 2. The van der Waals surface area contributed by atoms with Crippen molar-refractivity contribution in [3.8, 4) is 0 Å². The predicted molar refractivity (Wildman–Crippen MR) is 144 cm³/mol. The van der Waals surface area contributed by atoms with Gasteiger partial charge in [-0.25, -0.2) is 4.99 Å². The van der Waals surface area contributed by atoms with Crippen molar-refractivity contribution in [2.75, 3.05) is 19.6 Å². The topological polar surface area (TPSA) is 79.0 Å². The summed E-state index contributed by atoms with van der Waals surface area (Å²) in [6, 6.07) is 29.7. The highest BCUT2D eigenvalue weighted by Crippen LogP contribution is 2.48. The van der Waals surface area contributed by atoms with E-state index >= 15 is 0 Å². The number of hydrogen-bond acceptors (Lipinski definition) is 4. The molecule has 3 aromatic rings. The van der Waals surface area contributed by atoms with Crippen LogP contribution in [0.2, 0.25) is 0 Å². The molecule has 6 rings (SSSR count). The third kappa shape index (κ3) is 4.20. The first kappa shape index (κ1) is 23.5. The van der Waals surface area contributed by atoms with E-state index in [4.69, 9.17) is 10.7 Å². The second-order valence-electron chi connectivity index (χ2n) is 10.5. The standard InChI is InChI=1S/C31H32N4O2/c32-30-33-31(24-12-6-2-7-13-24,25-14-8-3-9-15-25)29(37)35(30)21-22-16-18-34(19-17-22)28(36)27-20-26(27)23-10-4-1-5-11-23/h1-15,22,26-27H,16-21H2,(H2,32,33)/t26-,27?/m0/s1. The van der Waals surface area contributed by atoms with Gasteiger partial charge in [0.1, 0.15) is 0 Å². The van der Waals surface area contributed by atoms with E-state index in [0.717, 1.165) is 43.5 Å². The SMILES string of the molecule is NC1=NC(c2ccccc2)(c2ccccc2)C(=O)N1CC1CCN(C(=O)C2C[C@H]2c2ccccc2)CC1. The number of rotatable bonds is 6. The lowest BCUT2D eigenvalue weighted by Crippen LogP contribution is -2.48. The van der Waals surface area contributed by atoms with E-state index in [1.54, 1.807) is 4.90 Å². The number of guanidine groups is 1. The molecule has 2 fully saturated rings. The van der Waals surface area contributed by atoms with Crippen molar-refractivity contribution in [1.82, 2.24) is 9.80 Å². The lowest BCUT2D eigenvalue weighted by Gasteiger charge is -2.34. The zero-order valence-electron chi connectivity index (χ0n) is 20.9. The maximum atomic E-state index is 14.0. The molecule has 2 heterocycles. The van der Waals surface area contributed by atoms with Crippen molar-refractivity contribution in [1.29, 1.82) is 0 Å². The van der Waals surface area contributed by atoms with E-state index in [-0.39, 0.29) is 29.6 Å². The van der Waals surface area contributed by atoms with E-state index in [0.29, 0.717) is 12.5 Å². The minimum Gasteiger partial charge on any atom is -0.369 e. The minimum atomic E-state index is -1.16. The monoisotopic (exact) mass is 492 g/mol. The minimum absolute atomic E-state index is 0.107. The molecule has 188 valence electrons. The lowest BCUT2D eigenvalue weighted by molar-refractivity contribution is -0.135. The molecular formula is C31H32N4O2. The summed E-state index contributed by atoms with van der Waals surface area (Å²) in [7, 11) is 0. The Morgan fingerprint density at radius 2 is 1.41 bits per heavy atom. The molecule has 1 aliphatic carbocycles. The van der Waals surface area contributed by atoms with E-state index in [9.17, 15) is 9.59 Å². The summed E-state index contributed by atoms with van der Waals surface area (Å²) in [5, 5.41) is 0. The van der Waals surface area contributed by atoms with Crippen molar-refractivity contribution < 1.29 is 9.59 Å². The Bertz CT molecular complexity index is 1260. The fraction of sp³-hybridized carbons (Fsp3) is 0.323. The van der Waals surface area contributed by atoms with Crippen LogP contribution in [0.15, 0.2) is 96.0 Å². The van der Waals surface area contributed by atoms with Gasteiger partial charge in [-0.15, -0.1) is 0 Å². The van der Waals surface area contributed by atoms with Crippen molar-refractivity contribution in [2.45, 2.75) is 30.7 Å². The molecule has 6 heteroatoms. The summed E-state index contributed by atoms with van der Waals surface area (Å²) in [4.78, 5) is 35.6. The number of nitrogens with two attached hydrogens (primary N) is 1. The lowest BCUT2D eigenvalue weighted by atomic mass is 9.82. The van der Waals surface area contributed by atoms with Gasteiger partial charge in [0.2, 0.25) is 5.91 Å². The number of carbonyl (C=O) groups excluding carboxylic acids is 2. The van der Waals surface area contributed by atoms with Crippen LogP contribution >= 0.6 is 0 Å². The number of amides is 2. The second kappa shape index (κ2) is 9.51. The summed E-state index contributed by atoms with van der Waals surface area (Å²) < 4.78 is 0. The molecule has 0 aromatic heterocycles. The number of aliphatic imine (C=N–C) groups is 1. The molecule has 2 atom stereocenters. The predicted octanol–water partition coefficient (Wildman–Crippen LogP) is 4.13. The van der Waals surface area contributed by atoms with Crippen molar-refractivity contribution in [2.24, 2.45) is 22.6 Å². The Hall–Kier alpha value is -3.93. The Labute approximate surface area is 217 Å². The summed E-state index contributed by atoms with van der Waals surface area (Å²) in [6.45, 7) is 1.97. The average molecular weight is 493 g/mol. The molecule has 1 saturated carbocycles. The van der Waals surface area contributed by atoms with E-state index in [1.807, 2.05) is 83.8 Å². The zero-order chi connectivity index (χ0) is 25.4. The first-order valence-corrected chi connectivity index (χ1v) is 13.2. The van der Waals surface area contributed by atoms with Crippen molar-refractivity contribution in [3.63, 3.8) is 0 Å². The molecule has 3 aromatic carbocycles. The van der Waals surface area contributed by atoms with E-state index in [2.05, 4.69) is 12.1 Å². The Morgan fingerprint density at radius 3 is 1.97 bits per heavy atom. The number of likely N-dealkylation sites (tertiary alicyclic amines) is 1. The molecule has 1 saturated heterocycles. The normalized spacial score (nSPS) is 23.1. The van der Waals surface area contributed by atoms with Gasteiger partial charge < -0.3 is 10.6 Å². The third-order valence-corrected chi connectivity index (χ3v) is 8.20. The number of nitrogens with zero attached hydrogens (tertiary/aromatic N) is 3. The van der Waals surface area contributed by atoms with Crippen molar-refractivity contribution >= 4 is 17.8 Å². The highest BCUT2D eigenvalue weighted by atomic mass is 16.2. The highest BCUT2D eigenvalue weighted by molar-refractivity contribution is 6.09. The maximum absolute atomic E-state index is 14.0. The van der Waals surface area contributed by atoms with Crippen LogP contribution in [0, 0.1) is 11.8 Å². The smallest absolute Gasteiger partial charge is 0.266 e. The molecule has 0 spiro atoms. The van der Waals surface area contributed by atoms with Gasteiger partial charge in [-0.05, 0) is 47.8 Å². The number of hydrogen-bond donors (Lipinski definition) is 1. The summed E-state index contributed by atoms with van der Waals surface area (Å²) >= 11 is 0. The Kier molecular flexibility index (Phi) is 6.03. The first-order chi connectivity index (χ1) is 18.1. The van der Waals surface area contributed by atoms with E-state index < -0.39 is 5.54 Å². The van der Waals surface area contributed by atoms with E-state index in [1.165, 1.54) is 5.56 Å². The van der Waals surface area contributed by atoms with Crippen LogP contribution in [0.4, 0.5) is 0 Å². The van der Waals surface area contributed by atoms with Crippen LogP contribution in [0.3, 0.4) is 0 Å². The largest absolute Gasteiger partial charge is 0.369 e. The molecule has 0 radical (unpaired) electrons. The van der Waals surface area contributed by atoms with Crippen LogP contribution in [0.25, 0.3) is 0 Å². The molecule has 1 unspecified atom stereocenters. The van der Waals surface area contributed by atoms with Gasteiger partial charge in [-0.2, -0.15) is 0 Å². The van der Waals surface area contributed by atoms with Gasteiger partial charge in [-0.1, -0.05) is 91.0 Å². The molecule has 2 amide bonds. The fourth-order valence-electron chi connectivity index (χ4n) is 6.02. The highest BCUT2D eigenvalue weighted by Gasteiger charge is 2.51. The molecule has 0 bridgehead atoms. The van der Waals surface area contributed by atoms with Crippen LogP contribution in [0.1, 0.15) is 41.9 Å². The van der Waals surface area contributed by atoms with Crippen LogP contribution in [-0.4, -0.2) is 47.2 Å². The number of piperidine rings is 1. The third-order valence-electron chi connectivity index (χ3n) is 8.20. The van der Waals surface area contributed by atoms with Gasteiger partial charge in [0.15, 0.2) is 11.5 Å². The fourth-order valence-corrected chi connectivity index (χ4v) is 6.02. The van der Waals surface area contributed by atoms with Crippen LogP contribution in [-0.2, 0) is 15.1 Å². The first-order valence-electron chi connectivity index (χ1n) is 13.2. The summed E-state index contributed by atoms with van der Waals surface area (Å²) in [6.07, 6.45) is 2.66. The van der Waals surface area contributed by atoms with Crippen LogP contribution < -0.4 is 5.73 Å². The summed E-state index contributed by atoms with van der Waals surface area (Å²) in [5.41, 5.74) is 8.15. The maximum Gasteiger partial charge on any atom is 0.266 e. The molecule has 2 N–H and O–H groups in total. The molecule has 37 heavy (non-hydrogen) atoms. The Balaban J connectivity index is 1.13. The van der Waals surface area contributed by atoms with Gasteiger partial charge in [0, 0.05) is 25.6 Å². The van der Waals surface area contributed by atoms with Crippen LogP contribution in [0.5, 0.6) is 0 Å². The van der Waals surface area contributed by atoms with Gasteiger partial charge >= 0.3 is 0 Å². The molecule has 2 aliphatic heterocycles. The molecule has 3 aliphatic rings. The average Bonchev–Trinajstić information content (AvgIpc) is 3.72. The van der Waals surface area contributed by atoms with Gasteiger partial charge in [0.25, 0.3) is 5.91 Å². The zero-order valence-corrected chi connectivity index (χ0v) is 20.9. The summed E-state index contributed by atoms with van der Waals surface area (Å²) in [5.74, 6) is 1.17. The number of benzene rings is 3. The van der Waals surface area contributed by atoms with Crippen molar-refractivity contribution in [3.05, 3.63) is 108 Å². The molecular weight excluding hydrogens is 460 g/mol. The second-order valence-corrected chi connectivity index (χ2v) is 10.5. The van der Waals surface area contributed by atoms with Gasteiger partial charge in [0.05, 0.1) is 0 Å². The Morgan fingerprint density at radius 1 is 0.865 bits per heavy atom.